The monoisotopic (exact) mass is 836 g/mol. The van der Waals surface area contributed by atoms with E-state index >= 15 is 0 Å². The summed E-state index contributed by atoms with van der Waals surface area (Å²) in [5, 5.41) is 22.4. The van der Waals surface area contributed by atoms with Gasteiger partial charge < -0.3 is 29.2 Å². The average Bonchev–Trinajstić information content (AvgIpc) is 3.69. The number of aliphatic hydroxyl groups excluding tert-OH is 2. The predicted molar refractivity (Wildman–Crippen MR) is 211 cm³/mol. The van der Waals surface area contributed by atoms with E-state index in [1.807, 2.05) is 45.9 Å². The van der Waals surface area contributed by atoms with Gasteiger partial charge in [-0.2, -0.15) is 16.8 Å². The fraction of sp³-hybridized carbons (Fsp3) is 0.676. The quantitative estimate of drug-likeness (QED) is 0.285. The summed E-state index contributed by atoms with van der Waals surface area (Å²) in [7, 11) is -8.25. The molecule has 5 heterocycles. The molecule has 12 atom stereocenters. The number of benzene rings is 2. The van der Waals surface area contributed by atoms with E-state index in [1.165, 1.54) is 10.6 Å². The highest BCUT2D eigenvalue weighted by Gasteiger charge is 2.56. The Kier molecular flexibility index (Phi) is 15.0. The van der Waals surface area contributed by atoms with Gasteiger partial charge in [0.25, 0.3) is 10.1 Å². The molecule has 7 rings (SSSR count). The van der Waals surface area contributed by atoms with E-state index in [4.69, 9.17) is 31.9 Å². The second-order valence-electron chi connectivity index (χ2n) is 15.3. The van der Waals surface area contributed by atoms with Gasteiger partial charge in [0.15, 0.2) is 11.6 Å². The van der Waals surface area contributed by atoms with E-state index in [-0.39, 0.29) is 31.4 Å². The standard InChI is InChI=1S/C15H21O2P.C12H17O2P.C9H16O6S.CH4O3S/c1-10-13-14(17-15(3,4)16-13)11(2)18(10)12-8-6-5-7-9-12;1-8-11(13)12(14)9(2)15(8)10-6-4-3-5-7-10;1-5-7-8(13-9(3,4)12-7)6(2)15-16(10,11)14-5;1-5(2,3)4/h5-11,13-14H,1-4H3;3-9,11-14H,1-2H3;5-8H,1-4H3;1H3,(H,2,3,4)/t10-,11-,13?,14?,18?;8-,9-,11+,12+;5-,6-,7?,8?;/m001./s1. The average molecular weight is 837 g/mol. The highest BCUT2D eigenvalue weighted by Crippen LogP contribution is 2.59. The first-order valence-electron chi connectivity index (χ1n) is 18.1. The molecule has 5 aliphatic rings. The molecule has 306 valence electrons. The van der Waals surface area contributed by atoms with Crippen molar-refractivity contribution in [3.05, 3.63) is 60.7 Å². The smallest absolute Gasteiger partial charge is 0.390 e. The summed E-state index contributed by atoms with van der Waals surface area (Å²) in [5.41, 5.74) is 1.52. The Morgan fingerprint density at radius 3 is 1.17 bits per heavy atom. The van der Waals surface area contributed by atoms with Gasteiger partial charge in [0.05, 0.1) is 30.7 Å². The van der Waals surface area contributed by atoms with Crippen molar-refractivity contribution < 1.29 is 58.9 Å². The number of rotatable bonds is 2. The predicted octanol–water partition coefficient (Wildman–Crippen LogP) is 4.49. The van der Waals surface area contributed by atoms with Gasteiger partial charge in [-0.3, -0.25) is 4.55 Å². The molecule has 0 bridgehead atoms. The molecule has 0 amide bonds. The van der Waals surface area contributed by atoms with Crippen molar-refractivity contribution in [1.29, 1.82) is 0 Å². The molecule has 0 aliphatic carbocycles. The van der Waals surface area contributed by atoms with E-state index in [0.717, 1.165) is 0 Å². The molecule has 0 radical (unpaired) electrons. The van der Waals surface area contributed by atoms with Crippen LogP contribution in [0.5, 0.6) is 0 Å². The van der Waals surface area contributed by atoms with Gasteiger partial charge in [-0.25, -0.2) is 8.37 Å². The maximum Gasteiger partial charge on any atom is 0.400 e. The minimum Gasteiger partial charge on any atom is -0.390 e. The third kappa shape index (κ3) is 11.5. The van der Waals surface area contributed by atoms with Gasteiger partial charge in [-0.15, -0.1) is 0 Å². The third-order valence-corrected chi connectivity index (χ3v) is 17.5. The molecule has 5 aliphatic heterocycles. The van der Waals surface area contributed by atoms with Crippen LogP contribution in [0.15, 0.2) is 60.7 Å². The van der Waals surface area contributed by atoms with Crippen molar-refractivity contribution >= 4 is 47.0 Å². The lowest BCUT2D eigenvalue weighted by atomic mass is 10.1. The lowest BCUT2D eigenvalue weighted by Gasteiger charge is -2.27. The van der Waals surface area contributed by atoms with Crippen LogP contribution in [0, 0.1) is 0 Å². The molecule has 5 saturated heterocycles. The van der Waals surface area contributed by atoms with Gasteiger partial charge >= 0.3 is 10.4 Å². The Morgan fingerprint density at radius 1 is 0.574 bits per heavy atom. The number of hydrogen-bond acceptors (Lipinski definition) is 12. The van der Waals surface area contributed by atoms with Crippen molar-refractivity contribution in [3.63, 3.8) is 0 Å². The maximum absolute atomic E-state index is 11.3. The number of aliphatic hydroxyl groups is 2. The first-order valence-corrected chi connectivity index (χ1v) is 24.2. The number of fused-ring (bicyclic) bond motifs is 2. The van der Waals surface area contributed by atoms with Gasteiger partial charge in [-0.05, 0) is 52.2 Å². The molecule has 0 saturated carbocycles. The summed E-state index contributed by atoms with van der Waals surface area (Å²) in [6, 6.07) is 21.1. The summed E-state index contributed by atoms with van der Waals surface area (Å²) < 4.78 is 81.6. The van der Waals surface area contributed by atoms with E-state index in [0.29, 0.717) is 17.6 Å². The minimum absolute atomic E-state index is 0.187. The Hall–Kier alpha value is -1.16. The Bertz CT molecular complexity index is 1660. The van der Waals surface area contributed by atoms with Crippen molar-refractivity contribution in [2.24, 2.45) is 0 Å². The van der Waals surface area contributed by atoms with Crippen LogP contribution in [-0.4, -0.2) is 121 Å². The Labute approximate surface area is 324 Å². The summed E-state index contributed by atoms with van der Waals surface area (Å²) in [5.74, 6) is -1.15. The van der Waals surface area contributed by atoms with Crippen LogP contribution >= 0.6 is 15.8 Å². The zero-order valence-corrected chi connectivity index (χ0v) is 36.3. The molecule has 2 aromatic carbocycles. The fourth-order valence-electron chi connectivity index (χ4n) is 7.71. The first-order chi connectivity index (χ1) is 24.8. The van der Waals surface area contributed by atoms with Crippen molar-refractivity contribution in [3.8, 4) is 0 Å². The fourth-order valence-corrected chi connectivity index (χ4v) is 15.2. The topological polar surface area (TPSA) is 184 Å². The molecule has 5 fully saturated rings. The maximum atomic E-state index is 11.3. The van der Waals surface area contributed by atoms with Crippen molar-refractivity contribution in [2.45, 2.75) is 152 Å². The molecule has 0 aromatic heterocycles. The minimum atomic E-state index is -3.96. The van der Waals surface area contributed by atoms with E-state index < -0.39 is 76.6 Å². The van der Waals surface area contributed by atoms with Crippen LogP contribution in [0.4, 0.5) is 0 Å². The van der Waals surface area contributed by atoms with Crippen LogP contribution < -0.4 is 10.6 Å². The largest absolute Gasteiger partial charge is 0.400 e. The second-order valence-corrected chi connectivity index (χ2v) is 23.9. The van der Waals surface area contributed by atoms with Gasteiger partial charge in [0.1, 0.15) is 24.4 Å². The third-order valence-electron chi connectivity index (χ3n) is 9.94. The SMILES string of the molecule is CS(=O)(=O)O.C[C@H]1C2OC(C)(C)OC2[C@H](C)P1c1ccccc1.C[C@H]1OS(=O)(=O)O[C@H](C)C2OC(C)(C)OC21.C[C@H]1[C@@H](O)[C@H](O)[C@H](C)P1c1ccccc1. The van der Waals surface area contributed by atoms with E-state index in [1.54, 1.807) is 27.7 Å². The van der Waals surface area contributed by atoms with Crippen LogP contribution in [-0.2, 0) is 47.8 Å². The van der Waals surface area contributed by atoms with E-state index in [9.17, 15) is 27.0 Å². The molecule has 4 unspecified atom stereocenters. The summed E-state index contributed by atoms with van der Waals surface area (Å²) >= 11 is 0. The molecule has 17 heteroatoms. The first kappa shape index (κ1) is 45.5. The van der Waals surface area contributed by atoms with Gasteiger partial charge in [0, 0.05) is 22.6 Å². The summed E-state index contributed by atoms with van der Waals surface area (Å²) in [6.07, 6.45) is -2.01. The molecule has 3 N–H and O–H groups in total. The van der Waals surface area contributed by atoms with Crippen molar-refractivity contribution in [1.82, 2.24) is 0 Å². The van der Waals surface area contributed by atoms with Crippen LogP contribution in [0.3, 0.4) is 0 Å². The molecule has 0 spiro atoms. The Morgan fingerprint density at radius 2 is 0.852 bits per heavy atom. The molecular formula is C37H58O13P2S2. The number of hydrogen-bond donors (Lipinski definition) is 3. The van der Waals surface area contributed by atoms with Crippen LogP contribution in [0.2, 0.25) is 0 Å². The second kappa shape index (κ2) is 17.8. The zero-order valence-electron chi connectivity index (χ0n) is 32.8. The summed E-state index contributed by atoms with van der Waals surface area (Å²) in [6.45, 7) is 19.6. The molecular weight excluding hydrogens is 778 g/mol. The molecule has 2 aromatic rings. The van der Waals surface area contributed by atoms with Crippen molar-refractivity contribution in [2.75, 3.05) is 6.26 Å². The van der Waals surface area contributed by atoms with Gasteiger partial charge in [0.2, 0.25) is 0 Å². The van der Waals surface area contributed by atoms with E-state index in [2.05, 4.69) is 56.3 Å². The van der Waals surface area contributed by atoms with Gasteiger partial charge in [-0.1, -0.05) is 104 Å². The summed E-state index contributed by atoms with van der Waals surface area (Å²) in [4.78, 5) is 0. The number of ether oxygens (including phenoxy) is 4. The Balaban J connectivity index is 0.000000170. The molecule has 54 heavy (non-hydrogen) atoms. The molecule has 13 nitrogen and oxygen atoms in total. The van der Waals surface area contributed by atoms with Crippen LogP contribution in [0.25, 0.3) is 0 Å². The highest BCUT2D eigenvalue weighted by molar-refractivity contribution is 7.85. The highest BCUT2D eigenvalue weighted by atomic mass is 32.3. The zero-order chi connectivity index (χ0) is 40.6. The van der Waals surface area contributed by atoms with Crippen LogP contribution in [0.1, 0.15) is 69.2 Å². The normalized spacial score (nSPS) is 40.0. The lowest BCUT2D eigenvalue weighted by Crippen LogP contribution is -2.38. The lowest BCUT2D eigenvalue weighted by molar-refractivity contribution is -0.160.